The smallest absolute Gasteiger partial charge is 0.228 e. The van der Waals surface area contributed by atoms with Crippen LogP contribution in [0.1, 0.15) is 5.56 Å². The third-order valence-electron chi connectivity index (χ3n) is 3.39. The molecular formula is C18H16N2O2S. The van der Waals surface area contributed by atoms with Gasteiger partial charge in [-0.3, -0.25) is 9.78 Å². The lowest BCUT2D eigenvalue weighted by atomic mass is 10.1. The van der Waals surface area contributed by atoms with E-state index >= 15 is 0 Å². The molecule has 0 spiro atoms. The molecule has 0 aliphatic rings. The number of methoxy groups -OCH3 is 1. The van der Waals surface area contributed by atoms with Crippen molar-refractivity contribution in [1.82, 2.24) is 4.98 Å². The minimum atomic E-state index is -0.0615. The van der Waals surface area contributed by atoms with Crippen molar-refractivity contribution < 1.29 is 9.53 Å². The van der Waals surface area contributed by atoms with Gasteiger partial charge in [-0.15, -0.1) is 11.3 Å². The number of thiophene rings is 1. The van der Waals surface area contributed by atoms with E-state index in [0.717, 1.165) is 27.4 Å². The number of nitrogens with one attached hydrogen (secondary N) is 1. The Morgan fingerprint density at radius 3 is 2.78 bits per heavy atom. The molecule has 0 saturated carbocycles. The zero-order chi connectivity index (χ0) is 16.1. The van der Waals surface area contributed by atoms with Crippen LogP contribution in [0.4, 0.5) is 5.69 Å². The summed E-state index contributed by atoms with van der Waals surface area (Å²) in [5.74, 6) is 0.666. The van der Waals surface area contributed by atoms with Crippen molar-refractivity contribution in [2.75, 3.05) is 12.4 Å². The average molecular weight is 324 g/mol. The second-order valence-electron chi connectivity index (χ2n) is 4.97. The molecule has 0 unspecified atom stereocenters. The van der Waals surface area contributed by atoms with Crippen LogP contribution in [0, 0.1) is 0 Å². The van der Waals surface area contributed by atoms with E-state index in [0.29, 0.717) is 0 Å². The first-order valence-electron chi connectivity index (χ1n) is 7.17. The maximum atomic E-state index is 12.2. The number of hydrogen-bond acceptors (Lipinski definition) is 4. The van der Waals surface area contributed by atoms with Crippen molar-refractivity contribution in [2.24, 2.45) is 0 Å². The third-order valence-corrected chi connectivity index (χ3v) is 4.37. The molecule has 1 N–H and O–H groups in total. The summed E-state index contributed by atoms with van der Waals surface area (Å²) in [6.45, 7) is 0. The summed E-state index contributed by atoms with van der Waals surface area (Å²) >= 11 is 1.59. The van der Waals surface area contributed by atoms with Crippen LogP contribution in [0.5, 0.6) is 5.75 Å². The number of nitrogens with zero attached hydrogens (tertiary/aromatic N) is 1. The van der Waals surface area contributed by atoms with E-state index < -0.39 is 0 Å². The standard InChI is InChI=1S/C18H16N2O2S/c1-22-16-5-3-2-4-14(16)10-18(21)20-15-11-17(23-12-15)13-6-8-19-9-7-13/h2-9,11-12H,10H2,1H3,(H,20,21). The fourth-order valence-corrected chi connectivity index (χ4v) is 3.14. The summed E-state index contributed by atoms with van der Waals surface area (Å²) in [4.78, 5) is 17.3. The Morgan fingerprint density at radius 2 is 2.00 bits per heavy atom. The zero-order valence-electron chi connectivity index (χ0n) is 12.7. The zero-order valence-corrected chi connectivity index (χ0v) is 13.5. The molecule has 0 radical (unpaired) electrons. The molecule has 3 rings (SSSR count). The maximum Gasteiger partial charge on any atom is 0.228 e. The van der Waals surface area contributed by atoms with Gasteiger partial charge in [-0.2, -0.15) is 0 Å². The predicted octanol–water partition coefficient (Wildman–Crippen LogP) is 4.00. The summed E-state index contributed by atoms with van der Waals surface area (Å²) in [6, 6.07) is 13.4. The number of pyridine rings is 1. The Kier molecular flexibility index (Phi) is 4.68. The molecule has 3 aromatic rings. The van der Waals surface area contributed by atoms with Gasteiger partial charge in [0.2, 0.25) is 5.91 Å². The molecule has 0 atom stereocenters. The Morgan fingerprint density at radius 1 is 1.22 bits per heavy atom. The summed E-state index contributed by atoms with van der Waals surface area (Å²) in [5.41, 5.74) is 2.77. The Bertz CT molecular complexity index is 800. The van der Waals surface area contributed by atoms with Crippen molar-refractivity contribution in [3.8, 4) is 16.2 Å². The number of ether oxygens (including phenoxy) is 1. The SMILES string of the molecule is COc1ccccc1CC(=O)Nc1csc(-c2ccncc2)c1. The second-order valence-corrected chi connectivity index (χ2v) is 5.88. The van der Waals surface area contributed by atoms with Gasteiger partial charge in [0.1, 0.15) is 5.75 Å². The molecule has 0 saturated heterocycles. The lowest BCUT2D eigenvalue weighted by Crippen LogP contribution is -2.14. The minimum Gasteiger partial charge on any atom is -0.496 e. The Labute approximate surface area is 138 Å². The number of rotatable bonds is 5. The van der Waals surface area contributed by atoms with Crippen LogP contribution in [-0.4, -0.2) is 18.0 Å². The van der Waals surface area contributed by atoms with Crippen LogP contribution in [0.2, 0.25) is 0 Å². The van der Waals surface area contributed by atoms with Gasteiger partial charge in [-0.1, -0.05) is 18.2 Å². The third kappa shape index (κ3) is 3.76. The van der Waals surface area contributed by atoms with Crippen LogP contribution < -0.4 is 10.1 Å². The van der Waals surface area contributed by atoms with Crippen LogP contribution >= 0.6 is 11.3 Å². The fourth-order valence-electron chi connectivity index (χ4n) is 2.30. The highest BCUT2D eigenvalue weighted by atomic mass is 32.1. The quantitative estimate of drug-likeness (QED) is 0.772. The second kappa shape index (κ2) is 7.07. The highest BCUT2D eigenvalue weighted by Gasteiger charge is 2.10. The normalized spacial score (nSPS) is 10.3. The summed E-state index contributed by atoms with van der Waals surface area (Å²) in [6.07, 6.45) is 3.80. The molecular weight excluding hydrogens is 308 g/mol. The van der Waals surface area contributed by atoms with Crippen molar-refractivity contribution >= 4 is 22.9 Å². The first kappa shape index (κ1) is 15.2. The van der Waals surface area contributed by atoms with Gasteiger partial charge in [0, 0.05) is 28.2 Å². The molecule has 0 bridgehead atoms. The minimum absolute atomic E-state index is 0.0615. The fraction of sp³-hybridized carbons (Fsp3) is 0.111. The summed E-state index contributed by atoms with van der Waals surface area (Å²) < 4.78 is 5.27. The van der Waals surface area contributed by atoms with E-state index in [4.69, 9.17) is 4.74 Å². The maximum absolute atomic E-state index is 12.2. The topological polar surface area (TPSA) is 51.2 Å². The highest BCUT2D eigenvalue weighted by molar-refractivity contribution is 7.14. The Balaban J connectivity index is 1.68. The van der Waals surface area contributed by atoms with Gasteiger partial charge in [-0.25, -0.2) is 0 Å². The van der Waals surface area contributed by atoms with Gasteiger partial charge in [0.25, 0.3) is 0 Å². The molecule has 1 amide bonds. The number of hydrogen-bond donors (Lipinski definition) is 1. The molecule has 5 heteroatoms. The number of aromatic nitrogens is 1. The molecule has 2 aromatic heterocycles. The number of amides is 1. The molecule has 1 aromatic carbocycles. The van der Waals surface area contributed by atoms with Crippen LogP contribution in [-0.2, 0) is 11.2 Å². The lowest BCUT2D eigenvalue weighted by molar-refractivity contribution is -0.115. The molecule has 116 valence electrons. The van der Waals surface area contributed by atoms with E-state index in [9.17, 15) is 4.79 Å². The van der Waals surface area contributed by atoms with Gasteiger partial charge < -0.3 is 10.1 Å². The number of carbonyl (C=O) groups excluding carboxylic acids is 1. The van der Waals surface area contributed by atoms with Gasteiger partial charge in [0.05, 0.1) is 19.2 Å². The molecule has 4 nitrogen and oxygen atoms in total. The summed E-state index contributed by atoms with van der Waals surface area (Å²) in [7, 11) is 1.61. The number of anilines is 1. The van der Waals surface area contributed by atoms with Gasteiger partial charge in [-0.05, 0) is 29.8 Å². The van der Waals surface area contributed by atoms with E-state index in [1.807, 2.05) is 47.8 Å². The molecule has 2 heterocycles. The number of carbonyl (C=O) groups is 1. The molecule has 0 fully saturated rings. The highest BCUT2D eigenvalue weighted by Crippen LogP contribution is 2.29. The van der Waals surface area contributed by atoms with Crippen molar-refractivity contribution in [2.45, 2.75) is 6.42 Å². The largest absolute Gasteiger partial charge is 0.496 e. The van der Waals surface area contributed by atoms with Crippen LogP contribution in [0.3, 0.4) is 0 Å². The molecule has 0 aliphatic heterocycles. The first-order valence-corrected chi connectivity index (χ1v) is 8.05. The van der Waals surface area contributed by atoms with E-state index in [1.54, 1.807) is 30.8 Å². The predicted molar refractivity (Wildman–Crippen MR) is 92.9 cm³/mol. The van der Waals surface area contributed by atoms with E-state index in [-0.39, 0.29) is 12.3 Å². The van der Waals surface area contributed by atoms with Gasteiger partial charge >= 0.3 is 0 Å². The molecule has 0 aliphatic carbocycles. The van der Waals surface area contributed by atoms with E-state index in [2.05, 4.69) is 10.3 Å². The van der Waals surface area contributed by atoms with Crippen LogP contribution in [0.15, 0.2) is 60.2 Å². The number of para-hydroxylation sites is 1. The Hall–Kier alpha value is -2.66. The average Bonchev–Trinajstić information content (AvgIpc) is 3.04. The van der Waals surface area contributed by atoms with Crippen molar-refractivity contribution in [3.05, 3.63) is 65.8 Å². The van der Waals surface area contributed by atoms with Crippen LogP contribution in [0.25, 0.3) is 10.4 Å². The van der Waals surface area contributed by atoms with Gasteiger partial charge in [0.15, 0.2) is 0 Å². The van der Waals surface area contributed by atoms with Crippen molar-refractivity contribution in [1.29, 1.82) is 0 Å². The van der Waals surface area contributed by atoms with Crippen molar-refractivity contribution in [3.63, 3.8) is 0 Å². The molecule has 23 heavy (non-hydrogen) atoms. The van der Waals surface area contributed by atoms with E-state index in [1.165, 1.54) is 0 Å². The first-order chi connectivity index (χ1) is 11.3. The number of benzene rings is 1. The monoisotopic (exact) mass is 324 g/mol. The lowest BCUT2D eigenvalue weighted by Gasteiger charge is -2.07. The summed E-state index contributed by atoms with van der Waals surface area (Å²) in [5, 5.41) is 4.87.